The summed E-state index contributed by atoms with van der Waals surface area (Å²) in [7, 11) is 0. The van der Waals surface area contributed by atoms with Gasteiger partial charge >= 0.3 is 5.97 Å². The standard InChI is InChI=1S/C21H33N7O6S/c22-13(11-35)17(30)26-14(7-4-8-25-21(23)24)18(31)28-16(10-29)19(32)27-15(20(33)34)9-12-5-2-1-3-6-12/h1-3,5-6,13-16,29,35H,4,7-11,22H2,(H,26,30)(H,27,32)(H,28,31)(H,33,34)(H4,23,24,25). The van der Waals surface area contributed by atoms with Crippen LogP contribution in [-0.4, -0.2) is 82.9 Å². The Morgan fingerprint density at radius 3 is 2.06 bits per heavy atom. The van der Waals surface area contributed by atoms with Gasteiger partial charge in [0.1, 0.15) is 18.1 Å². The number of nitrogens with zero attached hydrogens (tertiary/aromatic N) is 1. The van der Waals surface area contributed by atoms with E-state index in [-0.39, 0.29) is 31.1 Å². The number of carboxylic acids is 1. The first kappa shape index (κ1) is 29.7. The fraction of sp³-hybridized carbons (Fsp3) is 0.476. The highest BCUT2D eigenvalue weighted by molar-refractivity contribution is 7.80. The molecule has 0 fully saturated rings. The number of rotatable bonds is 15. The summed E-state index contributed by atoms with van der Waals surface area (Å²) in [5.74, 6) is -3.70. The number of aliphatic carboxylic acids is 1. The number of thiol groups is 1. The quantitative estimate of drug-likeness (QED) is 0.0506. The fourth-order valence-corrected chi connectivity index (χ4v) is 3.09. The summed E-state index contributed by atoms with van der Waals surface area (Å²) < 4.78 is 0. The number of aliphatic hydroxyl groups is 1. The Hall–Kier alpha value is -3.36. The van der Waals surface area contributed by atoms with E-state index in [1.165, 1.54) is 0 Å². The average molecular weight is 512 g/mol. The van der Waals surface area contributed by atoms with Crippen LogP contribution in [0.5, 0.6) is 0 Å². The van der Waals surface area contributed by atoms with Crippen molar-refractivity contribution < 1.29 is 29.4 Å². The van der Waals surface area contributed by atoms with E-state index >= 15 is 0 Å². The number of benzene rings is 1. The van der Waals surface area contributed by atoms with Crippen LogP contribution in [0.15, 0.2) is 35.3 Å². The molecule has 35 heavy (non-hydrogen) atoms. The van der Waals surface area contributed by atoms with Gasteiger partial charge in [0.05, 0.1) is 12.6 Å². The number of carboxylic acid groups (broad SMARTS) is 1. The molecule has 0 spiro atoms. The van der Waals surface area contributed by atoms with Crippen LogP contribution in [-0.2, 0) is 25.6 Å². The van der Waals surface area contributed by atoms with Gasteiger partial charge in [-0.05, 0) is 18.4 Å². The van der Waals surface area contributed by atoms with Crippen molar-refractivity contribution in [3.63, 3.8) is 0 Å². The molecule has 0 aliphatic carbocycles. The molecule has 13 nitrogen and oxygen atoms in total. The first-order valence-corrected chi connectivity index (χ1v) is 11.4. The summed E-state index contributed by atoms with van der Waals surface area (Å²) in [5.41, 5.74) is 16.9. The number of amides is 3. The van der Waals surface area contributed by atoms with Gasteiger partial charge in [-0.15, -0.1) is 0 Å². The van der Waals surface area contributed by atoms with E-state index in [0.29, 0.717) is 12.0 Å². The second-order valence-electron chi connectivity index (χ2n) is 7.63. The lowest BCUT2D eigenvalue weighted by atomic mass is 10.1. The van der Waals surface area contributed by atoms with Crippen molar-refractivity contribution in [2.45, 2.75) is 43.4 Å². The maximum Gasteiger partial charge on any atom is 0.326 e. The van der Waals surface area contributed by atoms with Crippen molar-refractivity contribution in [1.82, 2.24) is 16.0 Å². The van der Waals surface area contributed by atoms with Crippen molar-refractivity contribution in [3.8, 4) is 0 Å². The lowest BCUT2D eigenvalue weighted by Crippen LogP contribution is -2.58. The first-order valence-electron chi connectivity index (χ1n) is 10.8. The molecule has 14 heteroatoms. The molecule has 0 bridgehead atoms. The Morgan fingerprint density at radius 2 is 1.51 bits per heavy atom. The summed E-state index contributed by atoms with van der Waals surface area (Å²) in [5, 5.41) is 26.3. The van der Waals surface area contributed by atoms with Crippen molar-refractivity contribution >= 4 is 42.3 Å². The summed E-state index contributed by atoms with van der Waals surface area (Å²) in [6.45, 7) is -0.621. The molecule has 0 radical (unpaired) electrons. The topological polar surface area (TPSA) is 235 Å². The SMILES string of the molecule is NC(N)=NCCCC(NC(=O)C(N)CS)C(=O)NC(CO)C(=O)NC(Cc1ccccc1)C(=O)O. The highest BCUT2D eigenvalue weighted by Gasteiger charge is 2.29. The summed E-state index contributed by atoms with van der Waals surface area (Å²) >= 11 is 3.95. The third-order valence-electron chi connectivity index (χ3n) is 4.82. The van der Waals surface area contributed by atoms with E-state index in [0.717, 1.165) is 0 Å². The third kappa shape index (κ3) is 11.1. The van der Waals surface area contributed by atoms with Crippen molar-refractivity contribution in [3.05, 3.63) is 35.9 Å². The highest BCUT2D eigenvalue weighted by Crippen LogP contribution is 2.05. The number of nitrogens with two attached hydrogens (primary N) is 3. The number of aliphatic imine (C=N–C) groups is 1. The van der Waals surface area contributed by atoms with Crippen molar-refractivity contribution in [2.75, 3.05) is 18.9 Å². The van der Waals surface area contributed by atoms with Crippen molar-refractivity contribution in [1.29, 1.82) is 0 Å². The van der Waals surface area contributed by atoms with E-state index < -0.39 is 54.5 Å². The van der Waals surface area contributed by atoms with Crippen molar-refractivity contribution in [2.24, 2.45) is 22.2 Å². The first-order chi connectivity index (χ1) is 16.6. The van der Waals surface area contributed by atoms with Gasteiger partial charge in [-0.2, -0.15) is 12.6 Å². The minimum atomic E-state index is -1.46. The Morgan fingerprint density at radius 1 is 0.943 bits per heavy atom. The zero-order valence-corrected chi connectivity index (χ0v) is 20.0. The minimum absolute atomic E-state index is 0.000894. The Kier molecular flexibility index (Phi) is 13.2. The molecule has 1 rings (SSSR count). The van der Waals surface area contributed by atoms with Gasteiger partial charge in [0.2, 0.25) is 17.7 Å². The molecule has 0 saturated carbocycles. The number of guanidine groups is 1. The number of nitrogens with one attached hydrogen (secondary N) is 3. The van der Waals surface area contributed by atoms with E-state index in [9.17, 15) is 29.4 Å². The number of hydrogen-bond acceptors (Lipinski definition) is 8. The number of aliphatic hydroxyl groups excluding tert-OH is 1. The van der Waals surface area contributed by atoms with E-state index in [2.05, 4.69) is 33.6 Å². The summed E-state index contributed by atoms with van der Waals surface area (Å²) in [6, 6.07) is 3.79. The van der Waals surface area contributed by atoms with Gasteiger partial charge in [-0.25, -0.2) is 4.79 Å². The molecule has 0 aliphatic rings. The fourth-order valence-electron chi connectivity index (χ4n) is 2.92. The van der Waals surface area contributed by atoms with E-state index in [1.807, 2.05) is 0 Å². The molecular formula is C21H33N7O6S. The average Bonchev–Trinajstić information content (AvgIpc) is 2.83. The molecule has 0 aliphatic heterocycles. The molecule has 11 N–H and O–H groups in total. The minimum Gasteiger partial charge on any atom is -0.480 e. The second kappa shape index (κ2) is 15.5. The van der Waals surface area contributed by atoms with Crippen LogP contribution in [0, 0.1) is 0 Å². The van der Waals surface area contributed by atoms with Crippen LogP contribution >= 0.6 is 12.6 Å². The van der Waals surface area contributed by atoms with Crippen LogP contribution in [0.2, 0.25) is 0 Å². The van der Waals surface area contributed by atoms with Gasteiger partial charge in [0.15, 0.2) is 5.96 Å². The van der Waals surface area contributed by atoms with Crippen LogP contribution in [0.4, 0.5) is 0 Å². The lowest BCUT2D eigenvalue weighted by molar-refractivity contribution is -0.142. The maximum absolute atomic E-state index is 12.8. The van der Waals surface area contributed by atoms with Crippen LogP contribution < -0.4 is 33.2 Å². The second-order valence-corrected chi connectivity index (χ2v) is 8.00. The molecular weight excluding hydrogens is 478 g/mol. The molecule has 0 saturated heterocycles. The van der Waals surface area contributed by atoms with E-state index in [1.54, 1.807) is 30.3 Å². The lowest BCUT2D eigenvalue weighted by Gasteiger charge is -2.24. The Bertz CT molecular complexity index is 882. The predicted molar refractivity (Wildman–Crippen MR) is 132 cm³/mol. The summed E-state index contributed by atoms with van der Waals surface area (Å²) in [4.78, 5) is 53.1. The molecule has 194 valence electrons. The molecule has 4 unspecified atom stereocenters. The normalized spacial score (nSPS) is 14.0. The zero-order valence-electron chi connectivity index (χ0n) is 19.1. The number of carbonyl (C=O) groups excluding carboxylic acids is 3. The molecule has 0 aromatic heterocycles. The number of hydrogen-bond donors (Lipinski definition) is 9. The van der Waals surface area contributed by atoms with Crippen LogP contribution in [0.1, 0.15) is 18.4 Å². The molecule has 1 aromatic rings. The van der Waals surface area contributed by atoms with Gasteiger partial charge in [-0.3, -0.25) is 19.4 Å². The van der Waals surface area contributed by atoms with Crippen LogP contribution in [0.25, 0.3) is 0 Å². The smallest absolute Gasteiger partial charge is 0.326 e. The Balaban J connectivity index is 2.87. The molecule has 3 amide bonds. The van der Waals surface area contributed by atoms with E-state index in [4.69, 9.17) is 17.2 Å². The Labute approximate surface area is 208 Å². The largest absolute Gasteiger partial charge is 0.480 e. The number of carbonyl (C=O) groups is 4. The molecule has 4 atom stereocenters. The molecule has 0 heterocycles. The van der Waals surface area contributed by atoms with Gasteiger partial charge in [-0.1, -0.05) is 30.3 Å². The summed E-state index contributed by atoms with van der Waals surface area (Å²) in [6.07, 6.45) is 0.402. The maximum atomic E-state index is 12.8. The molecule has 1 aromatic carbocycles. The monoisotopic (exact) mass is 511 g/mol. The zero-order chi connectivity index (χ0) is 26.4. The predicted octanol–water partition coefficient (Wildman–Crippen LogP) is -2.93. The van der Waals surface area contributed by atoms with Gasteiger partial charge in [0.25, 0.3) is 0 Å². The van der Waals surface area contributed by atoms with Gasteiger partial charge in [0, 0.05) is 18.7 Å². The van der Waals surface area contributed by atoms with Crippen LogP contribution in [0.3, 0.4) is 0 Å². The highest BCUT2D eigenvalue weighted by atomic mass is 32.1. The third-order valence-corrected chi connectivity index (χ3v) is 5.22. The van der Waals surface area contributed by atoms with Gasteiger partial charge < -0.3 is 43.4 Å².